The molecule has 0 aromatic heterocycles. The molecule has 0 radical (unpaired) electrons. The maximum Gasteiger partial charge on any atom is 0.317 e. The number of carbonyl (C=O) groups is 4. The Bertz CT molecular complexity index is 1060. The molecular weight excluding hydrogens is 408 g/mol. The summed E-state index contributed by atoms with van der Waals surface area (Å²) in [6.07, 6.45) is 2.22. The Balaban J connectivity index is 1.39. The van der Waals surface area contributed by atoms with Gasteiger partial charge in [-0.15, -0.1) is 0 Å². The van der Waals surface area contributed by atoms with Crippen molar-refractivity contribution in [3.63, 3.8) is 0 Å². The van der Waals surface area contributed by atoms with E-state index in [0.29, 0.717) is 29.1 Å². The van der Waals surface area contributed by atoms with Crippen LogP contribution in [0.5, 0.6) is 0 Å². The summed E-state index contributed by atoms with van der Waals surface area (Å²) in [7, 11) is 1.40. The zero-order valence-electron chi connectivity index (χ0n) is 16.2. The van der Waals surface area contributed by atoms with Gasteiger partial charge in [-0.1, -0.05) is 30.2 Å². The highest BCUT2D eigenvalue weighted by Crippen LogP contribution is 2.45. The Morgan fingerprint density at radius 2 is 1.73 bits per heavy atom. The highest BCUT2D eigenvalue weighted by molar-refractivity contribution is 6.30. The number of fused-ring (bicyclic) bond motifs is 1. The molecule has 4 rings (SSSR count). The summed E-state index contributed by atoms with van der Waals surface area (Å²) in [5.74, 6) is -1.77. The van der Waals surface area contributed by atoms with Gasteiger partial charge in [0.2, 0.25) is 0 Å². The Hall–Kier alpha value is -3.19. The summed E-state index contributed by atoms with van der Waals surface area (Å²) in [5.41, 5.74) is 0.961. The molecule has 0 spiro atoms. The van der Waals surface area contributed by atoms with Crippen molar-refractivity contribution in [2.75, 3.05) is 19.0 Å². The lowest BCUT2D eigenvalue weighted by Crippen LogP contribution is -2.44. The van der Waals surface area contributed by atoms with Crippen molar-refractivity contribution in [2.24, 2.45) is 0 Å². The first-order valence-electron chi connectivity index (χ1n) is 9.51. The van der Waals surface area contributed by atoms with Gasteiger partial charge in [-0.2, -0.15) is 0 Å². The molecular formula is C22H19ClN2O5. The van der Waals surface area contributed by atoms with Gasteiger partial charge in [0, 0.05) is 17.8 Å². The molecule has 2 aromatic carbocycles. The maximum atomic E-state index is 12.7. The fourth-order valence-electron chi connectivity index (χ4n) is 3.82. The van der Waals surface area contributed by atoms with E-state index < -0.39 is 29.8 Å². The molecule has 2 aliphatic rings. The van der Waals surface area contributed by atoms with E-state index in [2.05, 4.69) is 5.32 Å². The molecule has 8 heteroatoms. The molecule has 1 N–H and O–H groups in total. The van der Waals surface area contributed by atoms with Crippen molar-refractivity contribution in [1.82, 2.24) is 4.90 Å². The van der Waals surface area contributed by atoms with E-state index in [1.54, 1.807) is 12.1 Å². The third-order valence-electron chi connectivity index (χ3n) is 5.70. The SMILES string of the molecule is CN1C(=O)c2ccc(NC(=O)COC(=O)C3(c4ccc(Cl)cc4)CCC3)cc2C1=O. The lowest BCUT2D eigenvalue weighted by Gasteiger charge is -2.39. The Morgan fingerprint density at radius 1 is 1.07 bits per heavy atom. The van der Waals surface area contributed by atoms with E-state index in [-0.39, 0.29) is 11.5 Å². The molecule has 1 aliphatic heterocycles. The van der Waals surface area contributed by atoms with Crippen LogP contribution in [0.4, 0.5) is 5.69 Å². The van der Waals surface area contributed by atoms with Gasteiger partial charge < -0.3 is 10.1 Å². The standard InChI is InChI=1S/C22H19ClN2O5/c1-25-19(27)16-8-7-15(11-17(16)20(25)28)24-18(26)12-30-21(29)22(9-2-10-22)13-3-5-14(23)6-4-13/h3-8,11H,2,9-10,12H2,1H3,(H,24,26). The van der Waals surface area contributed by atoms with E-state index in [1.807, 2.05) is 12.1 Å². The highest BCUT2D eigenvalue weighted by Gasteiger charge is 2.47. The van der Waals surface area contributed by atoms with E-state index in [9.17, 15) is 19.2 Å². The van der Waals surface area contributed by atoms with Crippen LogP contribution in [0.15, 0.2) is 42.5 Å². The van der Waals surface area contributed by atoms with Gasteiger partial charge in [0.15, 0.2) is 6.61 Å². The topological polar surface area (TPSA) is 92.8 Å². The van der Waals surface area contributed by atoms with E-state index in [0.717, 1.165) is 16.9 Å². The molecule has 0 atom stereocenters. The minimum absolute atomic E-state index is 0.230. The van der Waals surface area contributed by atoms with Crippen molar-refractivity contribution < 1.29 is 23.9 Å². The number of halogens is 1. The highest BCUT2D eigenvalue weighted by atomic mass is 35.5. The molecule has 1 fully saturated rings. The van der Waals surface area contributed by atoms with Crippen molar-refractivity contribution in [1.29, 1.82) is 0 Å². The van der Waals surface area contributed by atoms with Crippen LogP contribution in [0.2, 0.25) is 5.02 Å². The van der Waals surface area contributed by atoms with E-state index in [1.165, 1.54) is 25.2 Å². The minimum Gasteiger partial charge on any atom is -0.455 e. The van der Waals surface area contributed by atoms with E-state index >= 15 is 0 Å². The van der Waals surface area contributed by atoms with Gasteiger partial charge in [-0.25, -0.2) is 0 Å². The van der Waals surface area contributed by atoms with Gasteiger partial charge in [-0.05, 0) is 48.7 Å². The molecule has 1 heterocycles. The predicted octanol–water partition coefficient (Wildman–Crippen LogP) is 3.17. The Labute approximate surface area is 177 Å². The van der Waals surface area contributed by atoms with Gasteiger partial charge in [0.25, 0.3) is 17.7 Å². The first-order chi connectivity index (χ1) is 14.3. The third-order valence-corrected chi connectivity index (χ3v) is 5.95. The first-order valence-corrected chi connectivity index (χ1v) is 9.89. The average molecular weight is 427 g/mol. The number of rotatable bonds is 5. The largest absolute Gasteiger partial charge is 0.455 e. The van der Waals surface area contributed by atoms with E-state index in [4.69, 9.17) is 16.3 Å². The quantitative estimate of drug-likeness (QED) is 0.585. The van der Waals surface area contributed by atoms with Crippen LogP contribution in [0.3, 0.4) is 0 Å². The number of esters is 1. The lowest BCUT2D eigenvalue weighted by atomic mass is 9.64. The summed E-state index contributed by atoms with van der Waals surface area (Å²) < 4.78 is 5.30. The number of imide groups is 1. The van der Waals surface area contributed by atoms with Crippen LogP contribution in [0, 0.1) is 0 Å². The monoisotopic (exact) mass is 426 g/mol. The number of anilines is 1. The van der Waals surface area contributed by atoms with Crippen LogP contribution >= 0.6 is 11.6 Å². The van der Waals surface area contributed by atoms with Gasteiger partial charge in [0.05, 0.1) is 16.5 Å². The summed E-state index contributed by atoms with van der Waals surface area (Å²) in [6, 6.07) is 11.5. The van der Waals surface area contributed by atoms with Crippen molar-refractivity contribution >= 4 is 41.0 Å². The number of nitrogens with zero attached hydrogens (tertiary/aromatic N) is 1. The molecule has 30 heavy (non-hydrogen) atoms. The van der Waals surface area contributed by atoms with Crippen LogP contribution in [-0.4, -0.2) is 42.2 Å². The van der Waals surface area contributed by atoms with Crippen LogP contribution in [-0.2, 0) is 19.7 Å². The fraction of sp³-hybridized carbons (Fsp3) is 0.273. The number of nitrogens with one attached hydrogen (secondary N) is 1. The fourth-order valence-corrected chi connectivity index (χ4v) is 3.94. The number of hydrogen-bond donors (Lipinski definition) is 1. The second-order valence-electron chi connectivity index (χ2n) is 7.50. The predicted molar refractivity (Wildman–Crippen MR) is 109 cm³/mol. The Morgan fingerprint density at radius 3 is 2.37 bits per heavy atom. The molecule has 154 valence electrons. The molecule has 0 saturated heterocycles. The second kappa shape index (κ2) is 7.57. The van der Waals surface area contributed by atoms with Crippen LogP contribution in [0.25, 0.3) is 0 Å². The average Bonchev–Trinajstić information content (AvgIpc) is 2.91. The van der Waals surface area contributed by atoms with Crippen LogP contribution < -0.4 is 5.32 Å². The summed E-state index contributed by atoms with van der Waals surface area (Å²) >= 11 is 5.93. The van der Waals surface area contributed by atoms with Gasteiger partial charge >= 0.3 is 5.97 Å². The van der Waals surface area contributed by atoms with Gasteiger partial charge in [0.1, 0.15) is 0 Å². The normalized spacial score (nSPS) is 16.7. The molecule has 0 bridgehead atoms. The second-order valence-corrected chi connectivity index (χ2v) is 7.93. The van der Waals surface area contributed by atoms with Gasteiger partial charge in [-0.3, -0.25) is 24.1 Å². The smallest absolute Gasteiger partial charge is 0.317 e. The number of benzene rings is 2. The summed E-state index contributed by atoms with van der Waals surface area (Å²) in [6.45, 7) is -0.446. The molecule has 3 amide bonds. The molecule has 2 aromatic rings. The molecule has 7 nitrogen and oxygen atoms in total. The molecule has 1 saturated carbocycles. The number of carbonyl (C=O) groups excluding carboxylic acids is 4. The number of hydrogen-bond acceptors (Lipinski definition) is 5. The van der Waals surface area contributed by atoms with Crippen molar-refractivity contribution in [3.05, 3.63) is 64.2 Å². The molecule has 0 unspecified atom stereocenters. The number of ether oxygens (including phenoxy) is 1. The maximum absolute atomic E-state index is 12.7. The van der Waals surface area contributed by atoms with Crippen molar-refractivity contribution in [2.45, 2.75) is 24.7 Å². The minimum atomic E-state index is -0.740. The zero-order valence-corrected chi connectivity index (χ0v) is 17.0. The molecule has 1 aliphatic carbocycles. The third kappa shape index (κ3) is 3.35. The first kappa shape index (κ1) is 20.1. The lowest BCUT2D eigenvalue weighted by molar-refractivity contribution is -0.156. The number of amides is 3. The summed E-state index contributed by atoms with van der Waals surface area (Å²) in [4.78, 5) is 50.0. The zero-order chi connectivity index (χ0) is 21.5. The van der Waals surface area contributed by atoms with Crippen molar-refractivity contribution in [3.8, 4) is 0 Å². The Kier molecular flexibility index (Phi) is 5.07. The summed E-state index contributed by atoms with van der Waals surface area (Å²) in [5, 5.41) is 3.18. The van der Waals surface area contributed by atoms with Crippen LogP contribution in [0.1, 0.15) is 45.5 Å².